The van der Waals surface area contributed by atoms with Crippen LogP contribution in [-0.2, 0) is 17.8 Å². The molecule has 1 N–H and O–H groups in total. The fourth-order valence-corrected chi connectivity index (χ4v) is 3.21. The van der Waals surface area contributed by atoms with Crippen LogP contribution in [0.15, 0.2) is 53.5 Å². The van der Waals surface area contributed by atoms with Gasteiger partial charge in [-0.05, 0) is 25.5 Å². The van der Waals surface area contributed by atoms with E-state index in [0.717, 1.165) is 16.9 Å². The minimum atomic E-state index is -0.544. The van der Waals surface area contributed by atoms with Crippen molar-refractivity contribution in [2.45, 2.75) is 33.0 Å². The van der Waals surface area contributed by atoms with E-state index in [-0.39, 0.29) is 34.7 Å². The number of pyridine rings is 1. The molecule has 0 spiro atoms. The third-order valence-corrected chi connectivity index (χ3v) is 4.74. The Bertz CT molecular complexity index is 1060. The van der Waals surface area contributed by atoms with E-state index in [9.17, 15) is 14.4 Å². The smallest absolute Gasteiger partial charge is 0.338 e. The maximum atomic E-state index is 12.3. The van der Waals surface area contributed by atoms with E-state index in [1.807, 2.05) is 30.3 Å². The lowest BCUT2D eigenvalue weighted by Gasteiger charge is -2.08. The molecule has 0 radical (unpaired) electrons. The first-order valence-corrected chi connectivity index (χ1v) is 9.80. The molecule has 2 heterocycles. The summed E-state index contributed by atoms with van der Waals surface area (Å²) in [6.07, 6.45) is 1.23. The van der Waals surface area contributed by atoms with Crippen molar-refractivity contribution in [3.8, 4) is 0 Å². The van der Waals surface area contributed by atoms with Gasteiger partial charge in [-0.15, -0.1) is 10.2 Å². The average molecular weight is 412 g/mol. The highest BCUT2D eigenvalue weighted by Gasteiger charge is 2.14. The summed E-state index contributed by atoms with van der Waals surface area (Å²) in [5, 5.41) is 11.4. The Balaban J connectivity index is 1.63. The highest BCUT2D eigenvalue weighted by atomic mass is 32.1. The van der Waals surface area contributed by atoms with Crippen LogP contribution < -0.4 is 10.9 Å². The highest BCUT2D eigenvalue weighted by Crippen LogP contribution is 2.11. The Morgan fingerprint density at radius 1 is 1.17 bits per heavy atom. The number of amides is 1. The van der Waals surface area contributed by atoms with Gasteiger partial charge in [0.2, 0.25) is 5.01 Å². The van der Waals surface area contributed by atoms with Crippen molar-refractivity contribution in [1.29, 1.82) is 0 Å². The first-order chi connectivity index (χ1) is 13.9. The van der Waals surface area contributed by atoms with Crippen LogP contribution in [0.25, 0.3) is 0 Å². The average Bonchev–Trinajstić information content (AvgIpc) is 3.16. The van der Waals surface area contributed by atoms with Crippen LogP contribution in [-0.4, -0.2) is 32.7 Å². The number of nitrogens with one attached hydrogen (secondary N) is 1. The number of nitrogens with zero attached hydrogens (tertiary/aromatic N) is 3. The molecule has 1 aromatic carbocycles. The zero-order chi connectivity index (χ0) is 20.8. The molecule has 0 saturated heterocycles. The summed E-state index contributed by atoms with van der Waals surface area (Å²) in [6, 6.07) is 12.3. The maximum Gasteiger partial charge on any atom is 0.338 e. The number of ether oxygens (including phenoxy) is 1. The van der Waals surface area contributed by atoms with Gasteiger partial charge >= 0.3 is 5.97 Å². The molecular weight excluding hydrogens is 392 g/mol. The summed E-state index contributed by atoms with van der Waals surface area (Å²) >= 11 is 1.11. The summed E-state index contributed by atoms with van der Waals surface area (Å²) < 4.78 is 6.47. The highest BCUT2D eigenvalue weighted by molar-refractivity contribution is 7.13. The molecule has 150 valence electrons. The Labute approximate surface area is 171 Å². The van der Waals surface area contributed by atoms with Crippen molar-refractivity contribution >= 4 is 23.2 Å². The van der Waals surface area contributed by atoms with Crippen molar-refractivity contribution in [3.05, 3.63) is 80.2 Å². The summed E-state index contributed by atoms with van der Waals surface area (Å²) in [5.74, 6) is -0.866. The summed E-state index contributed by atoms with van der Waals surface area (Å²) in [7, 11) is 0. The van der Waals surface area contributed by atoms with Gasteiger partial charge in [-0.3, -0.25) is 9.59 Å². The molecule has 8 nitrogen and oxygen atoms in total. The monoisotopic (exact) mass is 412 g/mol. The van der Waals surface area contributed by atoms with E-state index in [1.165, 1.54) is 22.9 Å². The third kappa shape index (κ3) is 5.58. The quantitative estimate of drug-likeness (QED) is 0.597. The van der Waals surface area contributed by atoms with Crippen LogP contribution in [0.5, 0.6) is 0 Å². The normalized spacial score (nSPS) is 10.7. The van der Waals surface area contributed by atoms with Gasteiger partial charge in [0.1, 0.15) is 5.01 Å². The second-order valence-corrected chi connectivity index (χ2v) is 7.57. The SMILES string of the molecule is CC(C)OC(=O)c1ccn(Cc2nnc(C(=O)NCc3ccccc3)s2)c(=O)c1. The van der Waals surface area contributed by atoms with Gasteiger partial charge in [0.15, 0.2) is 0 Å². The zero-order valence-corrected chi connectivity index (χ0v) is 16.8. The number of carbonyl (C=O) groups is 2. The molecule has 0 fully saturated rings. The summed E-state index contributed by atoms with van der Waals surface area (Å²) in [5.41, 5.74) is 0.805. The van der Waals surface area contributed by atoms with E-state index >= 15 is 0 Å². The Morgan fingerprint density at radius 3 is 2.62 bits per heavy atom. The largest absolute Gasteiger partial charge is 0.459 e. The van der Waals surface area contributed by atoms with Gasteiger partial charge in [-0.25, -0.2) is 4.79 Å². The Morgan fingerprint density at radius 2 is 1.93 bits per heavy atom. The zero-order valence-electron chi connectivity index (χ0n) is 16.0. The minimum absolute atomic E-state index is 0.155. The first kappa shape index (κ1) is 20.4. The number of benzene rings is 1. The number of rotatable bonds is 7. The second kappa shape index (κ2) is 9.24. The van der Waals surface area contributed by atoms with Crippen molar-refractivity contribution < 1.29 is 14.3 Å². The van der Waals surface area contributed by atoms with Crippen LogP contribution in [0.1, 0.15) is 44.6 Å². The molecule has 9 heteroatoms. The van der Waals surface area contributed by atoms with Gasteiger partial charge in [0.25, 0.3) is 11.5 Å². The third-order valence-electron chi connectivity index (χ3n) is 3.84. The summed E-state index contributed by atoms with van der Waals surface area (Å²) in [6.45, 7) is 4.02. The molecule has 3 rings (SSSR count). The molecule has 0 aliphatic rings. The van der Waals surface area contributed by atoms with E-state index in [1.54, 1.807) is 13.8 Å². The molecule has 1 amide bonds. The molecule has 0 bridgehead atoms. The molecule has 0 saturated carbocycles. The van der Waals surface area contributed by atoms with Crippen LogP contribution in [0.4, 0.5) is 0 Å². The first-order valence-electron chi connectivity index (χ1n) is 8.98. The minimum Gasteiger partial charge on any atom is -0.459 e. The molecule has 0 unspecified atom stereocenters. The molecule has 3 aromatic rings. The van der Waals surface area contributed by atoms with Crippen LogP contribution >= 0.6 is 11.3 Å². The van der Waals surface area contributed by atoms with Gasteiger partial charge in [0, 0.05) is 18.8 Å². The lowest BCUT2D eigenvalue weighted by atomic mass is 10.2. The van der Waals surface area contributed by atoms with Crippen LogP contribution in [0.3, 0.4) is 0 Å². The van der Waals surface area contributed by atoms with Crippen LogP contribution in [0, 0.1) is 0 Å². The second-order valence-electron chi connectivity index (χ2n) is 6.50. The lowest BCUT2D eigenvalue weighted by molar-refractivity contribution is 0.0377. The van der Waals surface area contributed by atoms with E-state index in [2.05, 4.69) is 15.5 Å². The number of carbonyl (C=O) groups excluding carboxylic acids is 2. The van der Waals surface area contributed by atoms with E-state index < -0.39 is 5.97 Å². The molecule has 2 aromatic heterocycles. The molecule has 0 aliphatic carbocycles. The molecule has 29 heavy (non-hydrogen) atoms. The lowest BCUT2D eigenvalue weighted by Crippen LogP contribution is -2.22. The fraction of sp³-hybridized carbons (Fsp3) is 0.250. The number of hydrogen-bond acceptors (Lipinski definition) is 7. The topological polar surface area (TPSA) is 103 Å². The Kier molecular flexibility index (Phi) is 6.50. The van der Waals surface area contributed by atoms with Gasteiger partial charge in [0.05, 0.1) is 18.2 Å². The van der Waals surface area contributed by atoms with Gasteiger partial charge < -0.3 is 14.6 Å². The Hall–Kier alpha value is -3.33. The fourth-order valence-electron chi connectivity index (χ4n) is 2.46. The summed E-state index contributed by atoms with van der Waals surface area (Å²) in [4.78, 5) is 36.4. The van der Waals surface area contributed by atoms with Gasteiger partial charge in [-0.1, -0.05) is 41.7 Å². The molecular formula is C20H20N4O4S. The van der Waals surface area contributed by atoms with Crippen molar-refractivity contribution in [2.24, 2.45) is 0 Å². The number of esters is 1. The molecule has 0 aliphatic heterocycles. The van der Waals surface area contributed by atoms with Gasteiger partial charge in [-0.2, -0.15) is 0 Å². The van der Waals surface area contributed by atoms with Crippen LogP contribution in [0.2, 0.25) is 0 Å². The van der Waals surface area contributed by atoms with Crippen molar-refractivity contribution in [1.82, 2.24) is 20.1 Å². The molecule has 0 atom stereocenters. The number of hydrogen-bond donors (Lipinski definition) is 1. The predicted molar refractivity (Wildman–Crippen MR) is 108 cm³/mol. The number of aromatic nitrogens is 3. The standard InChI is InChI=1S/C20H20N4O4S/c1-13(2)28-20(27)15-8-9-24(17(25)10-15)12-16-22-23-19(29-16)18(26)21-11-14-6-4-3-5-7-14/h3-10,13H,11-12H2,1-2H3,(H,21,26). The van der Waals surface area contributed by atoms with E-state index in [0.29, 0.717) is 11.6 Å². The predicted octanol–water partition coefficient (Wildman–Crippen LogP) is 2.24. The maximum absolute atomic E-state index is 12.3. The van der Waals surface area contributed by atoms with Crippen molar-refractivity contribution in [2.75, 3.05) is 0 Å². The van der Waals surface area contributed by atoms with Crippen molar-refractivity contribution in [3.63, 3.8) is 0 Å². The van der Waals surface area contributed by atoms with E-state index in [4.69, 9.17) is 4.74 Å².